The zero-order chi connectivity index (χ0) is 20.7. The first-order valence-corrected chi connectivity index (χ1v) is 10.2. The third-order valence-electron chi connectivity index (χ3n) is 5.81. The number of hydrogen-bond donors (Lipinski definition) is 1. The molecule has 0 spiro atoms. The van der Waals surface area contributed by atoms with Crippen molar-refractivity contribution >= 4 is 10.9 Å². The number of pyridine rings is 2. The number of fused-ring (bicyclic) bond motifs is 3. The Balaban J connectivity index is 1.43. The van der Waals surface area contributed by atoms with E-state index in [4.69, 9.17) is 4.74 Å². The summed E-state index contributed by atoms with van der Waals surface area (Å²) in [5, 5.41) is 4.70. The lowest BCUT2D eigenvalue weighted by molar-refractivity contribution is 0.304. The standard InChI is InChI=1S/C24H24N4O2/c1-16-3-4-17(13-26-16)15-30-19-8-10-28(24(29)12-19)18-5-6-20-21-14-25-9-7-22(21)27(2)23(20)11-18/h3-6,8,10-13,25H,7,9,14-15H2,1-2H3. The van der Waals surface area contributed by atoms with Gasteiger partial charge in [-0.25, -0.2) is 0 Å². The first kappa shape index (κ1) is 18.6. The third kappa shape index (κ3) is 3.29. The Hall–Kier alpha value is -3.38. The van der Waals surface area contributed by atoms with E-state index < -0.39 is 0 Å². The van der Waals surface area contributed by atoms with Crippen LogP contribution in [0, 0.1) is 6.92 Å². The Kier molecular flexibility index (Phi) is 4.64. The van der Waals surface area contributed by atoms with Crippen LogP contribution in [0.3, 0.4) is 0 Å². The van der Waals surface area contributed by atoms with Crippen LogP contribution in [0.25, 0.3) is 16.6 Å². The molecule has 1 aliphatic heterocycles. The van der Waals surface area contributed by atoms with Crippen molar-refractivity contribution in [2.24, 2.45) is 7.05 Å². The minimum atomic E-state index is -0.116. The van der Waals surface area contributed by atoms with E-state index in [1.807, 2.05) is 31.2 Å². The monoisotopic (exact) mass is 400 g/mol. The van der Waals surface area contributed by atoms with Crippen LogP contribution in [0.1, 0.15) is 22.5 Å². The van der Waals surface area contributed by atoms with E-state index in [2.05, 4.69) is 34.0 Å². The van der Waals surface area contributed by atoms with E-state index in [1.165, 1.54) is 22.7 Å². The average Bonchev–Trinajstić information content (AvgIpc) is 3.05. The summed E-state index contributed by atoms with van der Waals surface area (Å²) in [4.78, 5) is 17.0. The van der Waals surface area contributed by atoms with Crippen LogP contribution in [0.4, 0.5) is 0 Å². The summed E-state index contributed by atoms with van der Waals surface area (Å²) < 4.78 is 9.70. The number of rotatable bonds is 4. The second kappa shape index (κ2) is 7.46. The summed E-state index contributed by atoms with van der Waals surface area (Å²) in [7, 11) is 2.11. The molecule has 4 heterocycles. The van der Waals surface area contributed by atoms with Crippen LogP contribution < -0.4 is 15.6 Å². The Morgan fingerprint density at radius 3 is 2.87 bits per heavy atom. The average molecular weight is 400 g/mol. The highest BCUT2D eigenvalue weighted by Crippen LogP contribution is 2.29. The van der Waals surface area contributed by atoms with Gasteiger partial charge < -0.3 is 14.6 Å². The van der Waals surface area contributed by atoms with Crippen LogP contribution in [-0.4, -0.2) is 20.7 Å². The van der Waals surface area contributed by atoms with E-state index in [0.29, 0.717) is 12.4 Å². The molecule has 0 unspecified atom stereocenters. The second-order valence-corrected chi connectivity index (χ2v) is 7.78. The van der Waals surface area contributed by atoms with Crippen molar-refractivity contribution in [1.82, 2.24) is 19.4 Å². The molecule has 6 nitrogen and oxygen atoms in total. The van der Waals surface area contributed by atoms with Crippen molar-refractivity contribution in [3.63, 3.8) is 0 Å². The van der Waals surface area contributed by atoms with Crippen molar-refractivity contribution in [2.75, 3.05) is 6.54 Å². The van der Waals surface area contributed by atoms with Crippen LogP contribution >= 0.6 is 0 Å². The molecule has 1 N–H and O–H groups in total. The first-order chi connectivity index (χ1) is 14.6. The minimum Gasteiger partial charge on any atom is -0.489 e. The molecular weight excluding hydrogens is 376 g/mol. The number of hydrogen-bond acceptors (Lipinski definition) is 4. The lowest BCUT2D eigenvalue weighted by atomic mass is 10.1. The van der Waals surface area contributed by atoms with Crippen LogP contribution in [-0.2, 0) is 26.6 Å². The van der Waals surface area contributed by atoms with E-state index in [1.54, 1.807) is 17.0 Å². The third-order valence-corrected chi connectivity index (χ3v) is 5.81. The number of ether oxygens (including phenoxy) is 1. The van der Waals surface area contributed by atoms with Gasteiger partial charge >= 0.3 is 0 Å². The second-order valence-electron chi connectivity index (χ2n) is 7.78. The maximum Gasteiger partial charge on any atom is 0.258 e. The summed E-state index contributed by atoms with van der Waals surface area (Å²) >= 11 is 0. The molecule has 0 bridgehead atoms. The zero-order valence-electron chi connectivity index (χ0n) is 17.2. The molecule has 6 heteroatoms. The summed E-state index contributed by atoms with van der Waals surface area (Å²) in [6.07, 6.45) is 4.59. The fourth-order valence-electron chi connectivity index (χ4n) is 4.16. The predicted molar refractivity (Wildman–Crippen MR) is 117 cm³/mol. The summed E-state index contributed by atoms with van der Waals surface area (Å²) in [6.45, 7) is 4.23. The summed E-state index contributed by atoms with van der Waals surface area (Å²) in [5.74, 6) is 0.554. The highest BCUT2D eigenvalue weighted by Gasteiger charge is 2.18. The van der Waals surface area contributed by atoms with Crippen molar-refractivity contribution in [1.29, 1.82) is 0 Å². The molecule has 0 amide bonds. The molecule has 0 radical (unpaired) electrons. The molecule has 0 fully saturated rings. The van der Waals surface area contributed by atoms with Crippen LogP contribution in [0.2, 0.25) is 0 Å². The fourth-order valence-corrected chi connectivity index (χ4v) is 4.16. The van der Waals surface area contributed by atoms with Gasteiger partial charge in [0.05, 0.1) is 11.2 Å². The van der Waals surface area contributed by atoms with Crippen molar-refractivity contribution in [3.05, 3.63) is 87.7 Å². The van der Waals surface area contributed by atoms with Crippen molar-refractivity contribution in [3.8, 4) is 11.4 Å². The highest BCUT2D eigenvalue weighted by atomic mass is 16.5. The quantitative estimate of drug-likeness (QED) is 0.571. The molecule has 152 valence electrons. The van der Waals surface area contributed by atoms with E-state index in [-0.39, 0.29) is 5.56 Å². The topological polar surface area (TPSA) is 61.1 Å². The number of nitrogens with one attached hydrogen (secondary N) is 1. The first-order valence-electron chi connectivity index (χ1n) is 10.2. The molecule has 1 aliphatic rings. The zero-order valence-corrected chi connectivity index (χ0v) is 17.2. The summed E-state index contributed by atoms with van der Waals surface area (Å²) in [5.41, 5.74) is 6.57. The van der Waals surface area contributed by atoms with Gasteiger partial charge in [-0.05, 0) is 36.8 Å². The smallest absolute Gasteiger partial charge is 0.258 e. The van der Waals surface area contributed by atoms with E-state index in [0.717, 1.165) is 42.0 Å². The molecule has 0 saturated heterocycles. The van der Waals surface area contributed by atoms with E-state index in [9.17, 15) is 4.79 Å². The predicted octanol–water partition coefficient (Wildman–Crippen LogP) is 3.26. The molecule has 0 saturated carbocycles. The van der Waals surface area contributed by atoms with Crippen LogP contribution in [0.15, 0.2) is 59.7 Å². The van der Waals surface area contributed by atoms with Gasteiger partial charge in [-0.3, -0.25) is 14.3 Å². The number of benzene rings is 1. The molecular formula is C24H24N4O2. The number of aromatic nitrogens is 3. The van der Waals surface area contributed by atoms with Gasteiger partial charge in [0.1, 0.15) is 12.4 Å². The van der Waals surface area contributed by atoms with E-state index >= 15 is 0 Å². The van der Waals surface area contributed by atoms with Crippen LogP contribution in [0.5, 0.6) is 5.75 Å². The molecule has 5 rings (SSSR count). The number of nitrogens with zero attached hydrogens (tertiary/aromatic N) is 3. The molecule has 0 atom stereocenters. The van der Waals surface area contributed by atoms with Gasteiger partial charge in [-0.1, -0.05) is 12.1 Å². The van der Waals surface area contributed by atoms with Gasteiger partial charge in [0.2, 0.25) is 0 Å². The molecule has 4 aromatic rings. The normalized spacial score (nSPS) is 13.4. The van der Waals surface area contributed by atoms with Gasteiger partial charge in [0.25, 0.3) is 5.56 Å². The minimum absolute atomic E-state index is 0.116. The molecule has 3 aromatic heterocycles. The van der Waals surface area contributed by atoms with Gasteiger partial charge in [0, 0.05) is 67.4 Å². The molecule has 1 aromatic carbocycles. The Morgan fingerprint density at radius 2 is 2.07 bits per heavy atom. The van der Waals surface area contributed by atoms with Crippen molar-refractivity contribution < 1.29 is 4.74 Å². The Bertz CT molecular complexity index is 1290. The maximum absolute atomic E-state index is 12.8. The molecule has 30 heavy (non-hydrogen) atoms. The highest BCUT2D eigenvalue weighted by molar-refractivity contribution is 5.87. The van der Waals surface area contributed by atoms with Gasteiger partial charge in [-0.2, -0.15) is 0 Å². The lowest BCUT2D eigenvalue weighted by Crippen LogP contribution is -2.24. The number of aryl methyl sites for hydroxylation is 2. The lowest BCUT2D eigenvalue weighted by Gasteiger charge is -2.14. The van der Waals surface area contributed by atoms with Gasteiger partial charge in [0.15, 0.2) is 0 Å². The van der Waals surface area contributed by atoms with Gasteiger partial charge in [-0.15, -0.1) is 0 Å². The Morgan fingerprint density at radius 1 is 1.17 bits per heavy atom. The SMILES string of the molecule is Cc1ccc(COc2ccn(-c3ccc4c5c(n(C)c4c3)CCNC5)c(=O)c2)cn1. The largest absolute Gasteiger partial charge is 0.489 e. The summed E-state index contributed by atoms with van der Waals surface area (Å²) in [6, 6.07) is 13.5. The Labute approximate surface area is 174 Å². The van der Waals surface area contributed by atoms with Crippen molar-refractivity contribution in [2.45, 2.75) is 26.5 Å². The fraction of sp³-hybridized carbons (Fsp3) is 0.250. The maximum atomic E-state index is 12.8. The molecule has 0 aliphatic carbocycles.